The molecular formula is C19H23N3O2. The van der Waals surface area contributed by atoms with Crippen LogP contribution >= 0.6 is 0 Å². The van der Waals surface area contributed by atoms with E-state index >= 15 is 0 Å². The molecular weight excluding hydrogens is 302 g/mol. The van der Waals surface area contributed by atoms with Crippen molar-refractivity contribution in [2.24, 2.45) is 5.92 Å². The number of ether oxygens (including phenoxy) is 2. The molecule has 0 amide bonds. The van der Waals surface area contributed by atoms with E-state index in [4.69, 9.17) is 9.47 Å². The van der Waals surface area contributed by atoms with Crippen molar-refractivity contribution in [2.75, 3.05) is 19.0 Å². The topological polar surface area (TPSA) is 56.3 Å². The fraction of sp³-hybridized carbons (Fsp3) is 0.474. The van der Waals surface area contributed by atoms with Crippen LogP contribution < -0.4 is 10.1 Å². The Labute approximate surface area is 142 Å². The van der Waals surface area contributed by atoms with Gasteiger partial charge in [-0.15, -0.1) is 0 Å². The third-order valence-electron chi connectivity index (χ3n) is 5.07. The summed E-state index contributed by atoms with van der Waals surface area (Å²) in [6.07, 6.45) is 7.64. The molecule has 3 heterocycles. The van der Waals surface area contributed by atoms with E-state index in [0.29, 0.717) is 24.1 Å². The van der Waals surface area contributed by atoms with Crippen molar-refractivity contribution in [3.05, 3.63) is 36.5 Å². The van der Waals surface area contributed by atoms with Gasteiger partial charge in [-0.05, 0) is 61.9 Å². The van der Waals surface area contributed by atoms with Crippen molar-refractivity contribution >= 4 is 5.95 Å². The summed E-state index contributed by atoms with van der Waals surface area (Å²) >= 11 is 0. The molecule has 3 unspecified atom stereocenters. The summed E-state index contributed by atoms with van der Waals surface area (Å²) in [4.78, 5) is 8.95. The first kappa shape index (κ1) is 15.4. The maximum absolute atomic E-state index is 5.91. The maximum Gasteiger partial charge on any atom is 0.223 e. The van der Waals surface area contributed by atoms with Crippen molar-refractivity contribution in [1.29, 1.82) is 0 Å². The Morgan fingerprint density at radius 2 is 2.08 bits per heavy atom. The molecule has 2 aliphatic rings. The monoisotopic (exact) mass is 325 g/mol. The van der Waals surface area contributed by atoms with Gasteiger partial charge in [0.25, 0.3) is 0 Å². The van der Waals surface area contributed by atoms with Gasteiger partial charge in [0, 0.05) is 18.3 Å². The maximum atomic E-state index is 5.91. The molecule has 2 fully saturated rings. The van der Waals surface area contributed by atoms with Gasteiger partial charge in [-0.2, -0.15) is 0 Å². The molecule has 0 saturated carbocycles. The summed E-state index contributed by atoms with van der Waals surface area (Å²) in [6.45, 7) is 0.892. The number of hydrogen-bond donors (Lipinski definition) is 1. The second-order valence-electron chi connectivity index (χ2n) is 6.58. The summed E-state index contributed by atoms with van der Waals surface area (Å²) < 4.78 is 11.1. The van der Waals surface area contributed by atoms with E-state index in [-0.39, 0.29) is 0 Å². The molecule has 126 valence electrons. The number of rotatable bonds is 6. The lowest BCUT2D eigenvalue weighted by Crippen LogP contribution is -2.20. The molecule has 0 aliphatic carbocycles. The molecule has 3 atom stereocenters. The van der Waals surface area contributed by atoms with Crippen molar-refractivity contribution in [3.63, 3.8) is 0 Å². The van der Waals surface area contributed by atoms with Crippen molar-refractivity contribution in [2.45, 2.75) is 37.9 Å². The van der Waals surface area contributed by atoms with Crippen LogP contribution in [0.2, 0.25) is 0 Å². The Morgan fingerprint density at radius 3 is 2.79 bits per heavy atom. The van der Waals surface area contributed by atoms with Gasteiger partial charge in [0.05, 0.1) is 25.0 Å². The molecule has 2 saturated heterocycles. The van der Waals surface area contributed by atoms with Crippen LogP contribution in [-0.2, 0) is 4.74 Å². The highest BCUT2D eigenvalue weighted by molar-refractivity contribution is 5.60. The van der Waals surface area contributed by atoms with Gasteiger partial charge in [-0.1, -0.05) is 0 Å². The summed E-state index contributed by atoms with van der Waals surface area (Å²) in [7, 11) is 1.67. The summed E-state index contributed by atoms with van der Waals surface area (Å²) in [5, 5.41) is 3.36. The molecule has 0 spiro atoms. The lowest BCUT2D eigenvalue weighted by Gasteiger charge is -2.18. The zero-order valence-corrected chi connectivity index (χ0v) is 13.9. The number of methoxy groups -OCH3 is 1. The second-order valence-corrected chi connectivity index (χ2v) is 6.58. The molecule has 2 aliphatic heterocycles. The van der Waals surface area contributed by atoms with Crippen LogP contribution in [0.1, 0.15) is 25.7 Å². The molecule has 2 aromatic rings. The Kier molecular flexibility index (Phi) is 4.34. The molecule has 1 aromatic heterocycles. The molecule has 5 nitrogen and oxygen atoms in total. The number of fused-ring (bicyclic) bond motifs is 2. The summed E-state index contributed by atoms with van der Waals surface area (Å²) in [6, 6.07) is 9.84. The first-order chi connectivity index (χ1) is 11.8. The fourth-order valence-corrected chi connectivity index (χ4v) is 3.78. The zero-order valence-electron chi connectivity index (χ0n) is 13.9. The highest BCUT2D eigenvalue weighted by Crippen LogP contribution is 2.40. The number of anilines is 1. The van der Waals surface area contributed by atoms with Gasteiger partial charge in [0.1, 0.15) is 5.75 Å². The normalized spacial score (nSPS) is 25.0. The highest BCUT2D eigenvalue weighted by atomic mass is 16.5. The molecule has 4 rings (SSSR count). The van der Waals surface area contributed by atoms with E-state index in [0.717, 1.165) is 30.0 Å². The third-order valence-corrected chi connectivity index (χ3v) is 5.07. The van der Waals surface area contributed by atoms with Crippen molar-refractivity contribution in [3.8, 4) is 17.0 Å². The molecule has 1 aromatic carbocycles. The van der Waals surface area contributed by atoms with E-state index in [1.807, 2.05) is 30.3 Å². The Morgan fingerprint density at radius 1 is 1.21 bits per heavy atom. The molecule has 2 bridgehead atoms. The minimum absolute atomic E-state index is 0.489. The average Bonchev–Trinajstić information content (AvgIpc) is 3.25. The van der Waals surface area contributed by atoms with Crippen molar-refractivity contribution < 1.29 is 9.47 Å². The van der Waals surface area contributed by atoms with Gasteiger partial charge in [-0.3, -0.25) is 0 Å². The van der Waals surface area contributed by atoms with Crippen LogP contribution in [0, 0.1) is 5.92 Å². The zero-order chi connectivity index (χ0) is 16.4. The lowest BCUT2D eigenvalue weighted by atomic mass is 9.87. The van der Waals surface area contributed by atoms with Crippen LogP contribution in [0.15, 0.2) is 36.5 Å². The predicted molar refractivity (Wildman–Crippen MR) is 93.1 cm³/mol. The standard InChI is InChI=1S/C19H23N3O2/c1-23-15-4-2-13(3-5-15)17-9-11-21-19(22-17)20-10-8-14-12-16-6-7-18(14)24-16/h2-5,9,11,14,16,18H,6-8,10,12H2,1H3,(H,20,21,22). The van der Waals surface area contributed by atoms with Gasteiger partial charge in [-0.25, -0.2) is 9.97 Å². The van der Waals surface area contributed by atoms with Gasteiger partial charge in [0.15, 0.2) is 0 Å². The number of nitrogens with one attached hydrogen (secondary N) is 1. The van der Waals surface area contributed by atoms with E-state index < -0.39 is 0 Å². The van der Waals surface area contributed by atoms with Gasteiger partial charge >= 0.3 is 0 Å². The largest absolute Gasteiger partial charge is 0.497 e. The van der Waals surface area contributed by atoms with Gasteiger partial charge in [0.2, 0.25) is 5.95 Å². The second kappa shape index (κ2) is 6.77. The Balaban J connectivity index is 1.35. The molecule has 5 heteroatoms. The van der Waals surface area contributed by atoms with Crippen LogP contribution in [0.5, 0.6) is 5.75 Å². The van der Waals surface area contributed by atoms with E-state index in [1.54, 1.807) is 13.3 Å². The van der Waals surface area contributed by atoms with Crippen LogP contribution in [0.4, 0.5) is 5.95 Å². The smallest absolute Gasteiger partial charge is 0.223 e. The van der Waals surface area contributed by atoms with Crippen LogP contribution in [0.3, 0.4) is 0 Å². The summed E-state index contributed by atoms with van der Waals surface area (Å²) in [5.74, 6) is 2.23. The van der Waals surface area contributed by atoms with Crippen LogP contribution in [-0.4, -0.2) is 35.8 Å². The average molecular weight is 325 g/mol. The Hall–Kier alpha value is -2.14. The van der Waals surface area contributed by atoms with E-state index in [1.165, 1.54) is 19.3 Å². The molecule has 1 N–H and O–H groups in total. The summed E-state index contributed by atoms with van der Waals surface area (Å²) in [5.41, 5.74) is 1.97. The minimum Gasteiger partial charge on any atom is -0.497 e. The minimum atomic E-state index is 0.489. The predicted octanol–water partition coefficient (Wildman–Crippen LogP) is 3.52. The van der Waals surface area contributed by atoms with Crippen molar-refractivity contribution in [1.82, 2.24) is 9.97 Å². The SMILES string of the molecule is COc1ccc(-c2ccnc(NCCC3CC4CCC3O4)n2)cc1. The van der Waals surface area contributed by atoms with E-state index in [2.05, 4.69) is 15.3 Å². The quantitative estimate of drug-likeness (QED) is 0.880. The molecule has 0 radical (unpaired) electrons. The third kappa shape index (κ3) is 3.22. The first-order valence-corrected chi connectivity index (χ1v) is 8.68. The fourth-order valence-electron chi connectivity index (χ4n) is 3.78. The van der Waals surface area contributed by atoms with Gasteiger partial charge < -0.3 is 14.8 Å². The Bertz CT molecular complexity index is 689. The highest BCUT2D eigenvalue weighted by Gasteiger charge is 2.40. The number of aromatic nitrogens is 2. The first-order valence-electron chi connectivity index (χ1n) is 8.68. The molecule has 24 heavy (non-hydrogen) atoms. The number of benzene rings is 1. The number of nitrogens with zero attached hydrogens (tertiary/aromatic N) is 2. The van der Waals surface area contributed by atoms with Crippen LogP contribution in [0.25, 0.3) is 11.3 Å². The lowest BCUT2D eigenvalue weighted by molar-refractivity contribution is 0.0918. The van der Waals surface area contributed by atoms with E-state index in [9.17, 15) is 0 Å². The number of hydrogen-bond acceptors (Lipinski definition) is 5.